The molecule has 2 rings (SSSR count). The third kappa shape index (κ3) is 2.47. The van der Waals surface area contributed by atoms with Gasteiger partial charge in [-0.2, -0.15) is 0 Å². The maximum atomic E-state index is 13.3. The Hall–Kier alpha value is -1.81. The highest BCUT2D eigenvalue weighted by molar-refractivity contribution is 6.33. The molecule has 0 atom stereocenters. The van der Waals surface area contributed by atoms with Gasteiger partial charge in [-0.25, -0.2) is 9.37 Å². The summed E-state index contributed by atoms with van der Waals surface area (Å²) < 4.78 is 13.3. The SMILES string of the molecule is Cc1c(F)cccc1Nc1ncc(N)cc1Cl. The Kier molecular flexibility index (Phi) is 3.15. The quantitative estimate of drug-likeness (QED) is 0.859. The largest absolute Gasteiger partial charge is 0.397 e. The van der Waals surface area contributed by atoms with E-state index >= 15 is 0 Å². The Balaban J connectivity index is 2.35. The summed E-state index contributed by atoms with van der Waals surface area (Å²) in [6.45, 7) is 1.68. The topological polar surface area (TPSA) is 50.9 Å². The van der Waals surface area contributed by atoms with Gasteiger partial charge in [0.2, 0.25) is 0 Å². The van der Waals surface area contributed by atoms with E-state index in [1.165, 1.54) is 12.3 Å². The zero-order valence-corrected chi connectivity index (χ0v) is 9.92. The van der Waals surface area contributed by atoms with Crippen LogP contribution < -0.4 is 11.1 Å². The summed E-state index contributed by atoms with van der Waals surface area (Å²) in [6, 6.07) is 6.37. The highest BCUT2D eigenvalue weighted by Gasteiger charge is 2.07. The average molecular weight is 252 g/mol. The second-order valence-electron chi connectivity index (χ2n) is 3.64. The highest BCUT2D eigenvalue weighted by atomic mass is 35.5. The van der Waals surface area contributed by atoms with Gasteiger partial charge in [0.25, 0.3) is 0 Å². The molecule has 0 amide bonds. The maximum absolute atomic E-state index is 13.3. The van der Waals surface area contributed by atoms with Crippen LogP contribution in [0.25, 0.3) is 0 Å². The molecule has 3 N–H and O–H groups in total. The van der Waals surface area contributed by atoms with Crippen LogP contribution in [0.15, 0.2) is 30.5 Å². The van der Waals surface area contributed by atoms with E-state index in [0.29, 0.717) is 27.8 Å². The van der Waals surface area contributed by atoms with E-state index in [4.69, 9.17) is 17.3 Å². The van der Waals surface area contributed by atoms with Gasteiger partial charge in [-0.15, -0.1) is 0 Å². The monoisotopic (exact) mass is 251 g/mol. The van der Waals surface area contributed by atoms with Crippen LogP contribution >= 0.6 is 11.6 Å². The van der Waals surface area contributed by atoms with Crippen molar-refractivity contribution < 1.29 is 4.39 Å². The number of nitrogen functional groups attached to an aromatic ring is 1. The molecule has 0 saturated carbocycles. The molecule has 0 aliphatic heterocycles. The van der Waals surface area contributed by atoms with Crippen LogP contribution in [-0.4, -0.2) is 4.98 Å². The summed E-state index contributed by atoms with van der Waals surface area (Å²) in [5, 5.41) is 3.37. The van der Waals surface area contributed by atoms with Gasteiger partial charge in [0.05, 0.1) is 16.9 Å². The first-order valence-corrected chi connectivity index (χ1v) is 5.39. The van der Waals surface area contributed by atoms with Crippen molar-refractivity contribution in [1.29, 1.82) is 0 Å². The van der Waals surface area contributed by atoms with E-state index in [2.05, 4.69) is 10.3 Å². The lowest BCUT2D eigenvalue weighted by Gasteiger charge is -2.10. The first-order chi connectivity index (χ1) is 8.08. The number of nitrogens with zero attached hydrogens (tertiary/aromatic N) is 1. The van der Waals surface area contributed by atoms with E-state index in [1.54, 1.807) is 25.1 Å². The van der Waals surface area contributed by atoms with Crippen molar-refractivity contribution in [2.45, 2.75) is 6.92 Å². The van der Waals surface area contributed by atoms with Crippen LogP contribution in [0.5, 0.6) is 0 Å². The van der Waals surface area contributed by atoms with Crippen LogP contribution in [0.4, 0.5) is 21.6 Å². The molecule has 0 bridgehead atoms. The summed E-state index contributed by atoms with van der Waals surface area (Å²) >= 11 is 5.97. The Morgan fingerprint density at radius 1 is 1.41 bits per heavy atom. The lowest BCUT2D eigenvalue weighted by molar-refractivity contribution is 0.619. The van der Waals surface area contributed by atoms with E-state index in [-0.39, 0.29) is 5.82 Å². The van der Waals surface area contributed by atoms with Crippen molar-refractivity contribution in [3.8, 4) is 0 Å². The van der Waals surface area contributed by atoms with E-state index in [1.807, 2.05) is 0 Å². The summed E-state index contributed by atoms with van der Waals surface area (Å²) in [5.74, 6) is 0.177. The predicted octanol–water partition coefficient (Wildman–Crippen LogP) is 3.51. The van der Waals surface area contributed by atoms with Gasteiger partial charge in [-0.1, -0.05) is 17.7 Å². The molecule has 0 fully saturated rings. The van der Waals surface area contributed by atoms with Crippen molar-refractivity contribution in [2.75, 3.05) is 11.1 Å². The Labute approximate surface area is 103 Å². The van der Waals surface area contributed by atoms with Crippen LogP contribution in [0.2, 0.25) is 5.02 Å². The van der Waals surface area contributed by atoms with Crippen LogP contribution in [0, 0.1) is 12.7 Å². The molecule has 1 heterocycles. The number of benzene rings is 1. The zero-order chi connectivity index (χ0) is 12.4. The fourth-order valence-corrected chi connectivity index (χ4v) is 1.64. The summed E-state index contributed by atoms with van der Waals surface area (Å²) in [7, 11) is 0. The smallest absolute Gasteiger partial charge is 0.149 e. The molecule has 17 heavy (non-hydrogen) atoms. The van der Waals surface area contributed by atoms with E-state index in [9.17, 15) is 4.39 Å². The molecule has 2 aromatic rings. The number of hydrogen-bond donors (Lipinski definition) is 2. The number of pyridine rings is 1. The number of hydrogen-bond acceptors (Lipinski definition) is 3. The van der Waals surface area contributed by atoms with Crippen LogP contribution in [0.3, 0.4) is 0 Å². The Bertz CT molecular complexity index is 557. The normalized spacial score (nSPS) is 10.3. The standard InChI is InChI=1S/C12H11ClFN3/c1-7-10(14)3-2-4-11(7)17-12-9(13)5-8(15)6-16-12/h2-6H,15H2,1H3,(H,16,17). The minimum atomic E-state index is -0.276. The molecule has 0 spiro atoms. The first kappa shape index (κ1) is 11.7. The second kappa shape index (κ2) is 4.59. The lowest BCUT2D eigenvalue weighted by Crippen LogP contribution is -1.99. The average Bonchev–Trinajstić information content (AvgIpc) is 2.28. The van der Waals surface area contributed by atoms with Gasteiger partial charge in [-0.05, 0) is 25.1 Å². The van der Waals surface area contributed by atoms with Crippen LogP contribution in [0.1, 0.15) is 5.56 Å². The number of nitrogens with two attached hydrogens (primary N) is 1. The molecule has 1 aromatic heterocycles. The van der Waals surface area contributed by atoms with Gasteiger partial charge in [-0.3, -0.25) is 0 Å². The molecule has 3 nitrogen and oxygen atoms in total. The van der Waals surface area contributed by atoms with E-state index < -0.39 is 0 Å². The molecule has 0 unspecified atom stereocenters. The maximum Gasteiger partial charge on any atom is 0.149 e. The fourth-order valence-electron chi connectivity index (χ4n) is 1.42. The third-order valence-electron chi connectivity index (χ3n) is 2.38. The van der Waals surface area contributed by atoms with E-state index in [0.717, 1.165) is 0 Å². The molecule has 0 aliphatic rings. The number of rotatable bonds is 2. The van der Waals surface area contributed by atoms with Gasteiger partial charge < -0.3 is 11.1 Å². The first-order valence-electron chi connectivity index (χ1n) is 5.01. The van der Waals surface area contributed by atoms with Crippen molar-refractivity contribution in [3.05, 3.63) is 46.9 Å². The highest BCUT2D eigenvalue weighted by Crippen LogP contribution is 2.27. The minimum Gasteiger partial charge on any atom is -0.397 e. The molecule has 1 aromatic carbocycles. The number of aromatic nitrogens is 1. The van der Waals surface area contributed by atoms with Gasteiger partial charge in [0.1, 0.15) is 11.6 Å². The van der Waals surface area contributed by atoms with Crippen molar-refractivity contribution in [3.63, 3.8) is 0 Å². The molecule has 5 heteroatoms. The number of anilines is 3. The number of nitrogens with one attached hydrogen (secondary N) is 1. The summed E-state index contributed by atoms with van der Waals surface area (Å²) in [6.07, 6.45) is 1.49. The van der Waals surface area contributed by atoms with Gasteiger partial charge in [0, 0.05) is 11.3 Å². The predicted molar refractivity (Wildman–Crippen MR) is 68.1 cm³/mol. The number of halogens is 2. The lowest BCUT2D eigenvalue weighted by atomic mass is 10.2. The molecule has 88 valence electrons. The molecular formula is C12H11ClFN3. The van der Waals surface area contributed by atoms with Gasteiger partial charge >= 0.3 is 0 Å². The zero-order valence-electron chi connectivity index (χ0n) is 9.17. The summed E-state index contributed by atoms with van der Waals surface area (Å²) in [5.41, 5.74) is 7.17. The van der Waals surface area contributed by atoms with Crippen molar-refractivity contribution in [2.24, 2.45) is 0 Å². The molecule has 0 radical (unpaired) electrons. The molecule has 0 aliphatic carbocycles. The minimum absolute atomic E-state index is 0.276. The molecular weight excluding hydrogens is 241 g/mol. The van der Waals surface area contributed by atoms with Gasteiger partial charge in [0.15, 0.2) is 0 Å². The third-order valence-corrected chi connectivity index (χ3v) is 2.67. The Morgan fingerprint density at radius 3 is 2.88 bits per heavy atom. The van der Waals surface area contributed by atoms with Crippen molar-refractivity contribution in [1.82, 2.24) is 4.98 Å². The second-order valence-corrected chi connectivity index (χ2v) is 4.04. The molecule has 0 saturated heterocycles. The van der Waals surface area contributed by atoms with Crippen LogP contribution in [-0.2, 0) is 0 Å². The fraction of sp³-hybridized carbons (Fsp3) is 0.0833. The Morgan fingerprint density at radius 2 is 2.18 bits per heavy atom. The summed E-state index contributed by atoms with van der Waals surface area (Å²) in [4.78, 5) is 4.05. The van der Waals surface area contributed by atoms with Crippen molar-refractivity contribution >= 4 is 28.8 Å².